The molecule has 0 atom stereocenters. The molecule has 96 valence electrons. The molecule has 1 fully saturated rings. The summed E-state index contributed by atoms with van der Waals surface area (Å²) >= 11 is 1.85. The number of aromatic nitrogens is 1. The van der Waals surface area contributed by atoms with Crippen LogP contribution in [0.3, 0.4) is 0 Å². The number of hydrogen-bond acceptors (Lipinski definition) is 4. The Bertz CT molecular complexity index is 350. The Morgan fingerprint density at radius 3 is 2.59 bits per heavy atom. The number of rotatable bonds is 5. The van der Waals surface area contributed by atoms with Crippen LogP contribution in [0.2, 0.25) is 0 Å². The maximum absolute atomic E-state index is 5.13. The topological polar surface area (TPSA) is 34.1 Å². The summed E-state index contributed by atoms with van der Waals surface area (Å²) in [5.74, 6) is 0. The molecule has 0 amide bonds. The van der Waals surface area contributed by atoms with Crippen LogP contribution in [-0.2, 0) is 10.3 Å². The quantitative estimate of drug-likeness (QED) is 0.820. The maximum atomic E-state index is 5.13. The first kappa shape index (κ1) is 13.0. The second-order valence-corrected chi connectivity index (χ2v) is 6.07. The zero-order chi connectivity index (χ0) is 12.3. The summed E-state index contributed by atoms with van der Waals surface area (Å²) < 4.78 is 5.13. The van der Waals surface area contributed by atoms with Crippen molar-refractivity contribution >= 4 is 11.3 Å². The van der Waals surface area contributed by atoms with Gasteiger partial charge in [-0.25, -0.2) is 4.98 Å². The first-order valence-corrected chi connectivity index (χ1v) is 7.18. The van der Waals surface area contributed by atoms with Crippen LogP contribution in [0.4, 0.5) is 0 Å². The van der Waals surface area contributed by atoms with Gasteiger partial charge in [0.25, 0.3) is 0 Å². The molecule has 17 heavy (non-hydrogen) atoms. The third kappa shape index (κ3) is 2.69. The molecular weight excluding hydrogens is 232 g/mol. The van der Waals surface area contributed by atoms with Gasteiger partial charge in [0.05, 0.1) is 17.8 Å². The molecule has 1 aromatic heterocycles. The molecule has 1 aliphatic rings. The Morgan fingerprint density at radius 1 is 1.35 bits per heavy atom. The first-order valence-electron chi connectivity index (χ1n) is 6.36. The Balaban J connectivity index is 2.15. The number of nitrogens with one attached hydrogen (secondary N) is 1. The van der Waals surface area contributed by atoms with Crippen LogP contribution in [0, 0.1) is 13.8 Å². The summed E-state index contributed by atoms with van der Waals surface area (Å²) in [5, 5.41) is 4.95. The summed E-state index contributed by atoms with van der Waals surface area (Å²) in [6.07, 6.45) is 5.03. The predicted octanol–water partition coefficient (Wildman–Crippen LogP) is 2.77. The van der Waals surface area contributed by atoms with Crippen LogP contribution in [0.1, 0.15) is 41.3 Å². The van der Waals surface area contributed by atoms with Gasteiger partial charge in [0.15, 0.2) is 0 Å². The van der Waals surface area contributed by atoms with Crippen molar-refractivity contribution in [2.45, 2.75) is 45.1 Å². The molecule has 1 saturated carbocycles. The van der Waals surface area contributed by atoms with Gasteiger partial charge in [0, 0.05) is 18.5 Å². The second-order valence-electron chi connectivity index (χ2n) is 4.87. The van der Waals surface area contributed by atoms with Gasteiger partial charge >= 0.3 is 0 Å². The highest BCUT2D eigenvalue weighted by Gasteiger charge is 2.37. The molecule has 3 nitrogen and oxygen atoms in total. The molecule has 0 unspecified atom stereocenters. The molecule has 4 heteroatoms. The molecular formula is C13H22N2OS. The number of thiazole rings is 1. The van der Waals surface area contributed by atoms with Gasteiger partial charge in [0.1, 0.15) is 5.01 Å². The van der Waals surface area contributed by atoms with Gasteiger partial charge in [0.2, 0.25) is 0 Å². The summed E-state index contributed by atoms with van der Waals surface area (Å²) in [5.41, 5.74) is 1.31. The van der Waals surface area contributed by atoms with Gasteiger partial charge in [-0.05, 0) is 26.7 Å². The van der Waals surface area contributed by atoms with Crippen molar-refractivity contribution in [1.29, 1.82) is 0 Å². The third-order valence-corrected chi connectivity index (χ3v) is 4.94. The van der Waals surface area contributed by atoms with Crippen molar-refractivity contribution < 1.29 is 4.74 Å². The Morgan fingerprint density at radius 2 is 2.06 bits per heavy atom. The fraction of sp³-hybridized carbons (Fsp3) is 0.769. The van der Waals surface area contributed by atoms with Gasteiger partial charge in [-0.1, -0.05) is 12.8 Å². The number of aryl methyl sites for hydroxylation is 2. The molecule has 1 heterocycles. The van der Waals surface area contributed by atoms with Crippen LogP contribution in [0.5, 0.6) is 0 Å². The van der Waals surface area contributed by atoms with Gasteiger partial charge < -0.3 is 10.1 Å². The van der Waals surface area contributed by atoms with E-state index in [0.29, 0.717) is 0 Å². The molecule has 0 spiro atoms. The predicted molar refractivity (Wildman–Crippen MR) is 71.6 cm³/mol. The fourth-order valence-corrected chi connectivity index (χ4v) is 3.65. The minimum Gasteiger partial charge on any atom is -0.383 e. The van der Waals surface area contributed by atoms with E-state index < -0.39 is 0 Å². The minimum atomic E-state index is 0.127. The average molecular weight is 254 g/mol. The van der Waals surface area contributed by atoms with E-state index in [9.17, 15) is 0 Å². The molecule has 1 aromatic rings. The van der Waals surface area contributed by atoms with E-state index in [4.69, 9.17) is 9.72 Å². The number of ether oxygens (including phenoxy) is 1. The van der Waals surface area contributed by atoms with Gasteiger partial charge in [-0.15, -0.1) is 11.3 Å². The Hall–Kier alpha value is -0.450. The van der Waals surface area contributed by atoms with Crippen LogP contribution >= 0.6 is 11.3 Å². The van der Waals surface area contributed by atoms with Crippen molar-refractivity contribution in [3.63, 3.8) is 0 Å². The van der Waals surface area contributed by atoms with E-state index in [1.165, 1.54) is 41.3 Å². The fourth-order valence-electron chi connectivity index (χ4n) is 2.51. The molecule has 0 saturated heterocycles. The third-order valence-electron chi connectivity index (χ3n) is 3.66. The van der Waals surface area contributed by atoms with Gasteiger partial charge in [-0.2, -0.15) is 0 Å². The lowest BCUT2D eigenvalue weighted by Crippen LogP contribution is -2.41. The summed E-state index contributed by atoms with van der Waals surface area (Å²) in [6.45, 7) is 5.95. The van der Waals surface area contributed by atoms with Crippen molar-refractivity contribution in [2.24, 2.45) is 0 Å². The molecule has 1 aliphatic carbocycles. The summed E-state index contributed by atoms with van der Waals surface area (Å²) in [7, 11) is 1.75. The van der Waals surface area contributed by atoms with Crippen LogP contribution in [0.25, 0.3) is 0 Å². The summed E-state index contributed by atoms with van der Waals surface area (Å²) in [4.78, 5) is 6.11. The highest BCUT2D eigenvalue weighted by atomic mass is 32.1. The number of hydrogen-bond donors (Lipinski definition) is 1. The average Bonchev–Trinajstić information content (AvgIpc) is 2.89. The molecule has 0 bridgehead atoms. The van der Waals surface area contributed by atoms with E-state index in [-0.39, 0.29) is 5.54 Å². The molecule has 0 aliphatic heterocycles. The standard InChI is InChI=1S/C13H22N2OS/c1-10-11(2)17-12(15-10)13(6-4-5-7-13)14-8-9-16-3/h14H,4-9H2,1-3H3. The second kappa shape index (κ2) is 5.46. The molecule has 0 aromatic carbocycles. The number of nitrogens with zero attached hydrogens (tertiary/aromatic N) is 1. The van der Waals surface area contributed by atoms with E-state index in [2.05, 4.69) is 19.2 Å². The Labute approximate surface area is 108 Å². The van der Waals surface area contributed by atoms with Crippen molar-refractivity contribution in [1.82, 2.24) is 10.3 Å². The highest BCUT2D eigenvalue weighted by molar-refractivity contribution is 7.11. The maximum Gasteiger partial charge on any atom is 0.113 e. The van der Waals surface area contributed by atoms with Crippen molar-refractivity contribution in [2.75, 3.05) is 20.3 Å². The lowest BCUT2D eigenvalue weighted by molar-refractivity contribution is 0.183. The van der Waals surface area contributed by atoms with E-state index in [1.54, 1.807) is 7.11 Å². The van der Waals surface area contributed by atoms with E-state index in [1.807, 2.05) is 11.3 Å². The first-order chi connectivity index (χ1) is 8.18. The Kier molecular flexibility index (Phi) is 4.17. The minimum absolute atomic E-state index is 0.127. The molecule has 1 N–H and O–H groups in total. The van der Waals surface area contributed by atoms with E-state index in [0.717, 1.165) is 13.2 Å². The van der Waals surface area contributed by atoms with E-state index >= 15 is 0 Å². The van der Waals surface area contributed by atoms with Crippen LogP contribution < -0.4 is 5.32 Å². The lowest BCUT2D eigenvalue weighted by atomic mass is 9.98. The summed E-state index contributed by atoms with van der Waals surface area (Å²) in [6, 6.07) is 0. The zero-order valence-electron chi connectivity index (χ0n) is 11.0. The van der Waals surface area contributed by atoms with Crippen LogP contribution in [0.15, 0.2) is 0 Å². The van der Waals surface area contributed by atoms with Gasteiger partial charge in [-0.3, -0.25) is 0 Å². The smallest absolute Gasteiger partial charge is 0.113 e. The SMILES string of the molecule is COCCNC1(c2nc(C)c(C)s2)CCCC1. The molecule has 2 rings (SSSR count). The lowest BCUT2D eigenvalue weighted by Gasteiger charge is -2.28. The normalized spacial score (nSPS) is 18.8. The monoisotopic (exact) mass is 254 g/mol. The van der Waals surface area contributed by atoms with Crippen LogP contribution in [-0.4, -0.2) is 25.2 Å². The van der Waals surface area contributed by atoms with Crippen molar-refractivity contribution in [3.05, 3.63) is 15.6 Å². The zero-order valence-corrected chi connectivity index (χ0v) is 11.8. The highest BCUT2D eigenvalue weighted by Crippen LogP contribution is 2.40. The number of methoxy groups -OCH3 is 1. The van der Waals surface area contributed by atoms with Crippen molar-refractivity contribution in [3.8, 4) is 0 Å². The largest absolute Gasteiger partial charge is 0.383 e. The molecule has 0 radical (unpaired) electrons.